The fraction of sp³-hybridized carbons (Fsp3) is 0.890. The van der Waals surface area contributed by atoms with Crippen LogP contribution in [-0.2, 0) is 100.0 Å². The van der Waals surface area contributed by atoms with E-state index >= 15 is 0 Å². The van der Waals surface area contributed by atoms with Gasteiger partial charge < -0.3 is 129 Å². The largest absolute Gasteiger partial charge is 0.466 e. The highest BCUT2D eigenvalue weighted by Gasteiger charge is 2.45. The standard InChI is InChI=1S/C91H161N5O31/c1-64-73(55-67(59-97)85(112)82(64)109)120-46-23-31-69(100)29-15-9-6-14-22-44-95-90(115)125-51-28-41-91(39-26-49-121-80(107)35-16-10-7-12-20-42-92-76(103)32-24-47-123-88-65(2)83(110)86(113)74(60-98)126-88,40-27-50-122-81(108)36-17-11-8-13-21-43-93-77(104)33-25-48-124-89-66(3)84(111)87(114)75(61-99)127-89)57-70(101)37-38-78(105)94-45-52-118-53-54-119-63-71(102)30-18-19-34-79(106)96-58-72(117-5)56-68(96)62-116-4/h64-68,72-75,82-89,97-99,109-114H,6-63H2,1-5H3,(H,92,103)(H,93,104)(H,94,105)(H,95,115)/t64?,65?,66?,67?,68-,72+,73?,74?,75?,82?,83?,84?,85?,86?,87?,88?,89?,91?/m1/s1. The minimum Gasteiger partial charge on any atom is -0.466 e. The fourth-order valence-corrected chi connectivity index (χ4v) is 16.6. The number of likely N-dealkylation sites (tertiary alicyclic amines) is 1. The Labute approximate surface area is 752 Å². The van der Waals surface area contributed by atoms with Gasteiger partial charge in [-0.15, -0.1) is 0 Å². The second kappa shape index (κ2) is 68.4. The molecular weight excluding hydrogens is 1660 g/mol. The highest BCUT2D eigenvalue weighted by molar-refractivity contribution is 5.85. The Morgan fingerprint density at radius 3 is 1.38 bits per heavy atom. The smallest absolute Gasteiger partial charge is 0.407 e. The second-order valence-corrected chi connectivity index (χ2v) is 34.9. The SMILES string of the molecule is COC[C@H]1C[C@H](OC)CN1C(=O)CCCCC(=O)COCCOCCNC(=O)CCC(=O)CC(CCCOC(=O)CCCCCCCNC(=O)CCCOC1OC(CO)C(O)C(O)C1C)(CCCOC(=O)CCCCCCCNC(=O)CCCOC1OC(CO)C(O)C(O)C1C)CCCOC(=O)NCCCCCCCC(=O)CCCOC1CC(CO)C(O)C(O)C1C. The number of alkyl carbamates (subject to hydrolysis) is 1. The first-order valence-corrected chi connectivity index (χ1v) is 47.3. The van der Waals surface area contributed by atoms with Gasteiger partial charge in [0.25, 0.3) is 0 Å². The molecule has 4 rings (SSSR count). The van der Waals surface area contributed by atoms with Gasteiger partial charge in [-0.25, -0.2) is 4.79 Å². The van der Waals surface area contributed by atoms with E-state index in [4.69, 9.17) is 56.8 Å². The zero-order chi connectivity index (χ0) is 93.0. The molecule has 0 aromatic carbocycles. The fourth-order valence-electron chi connectivity index (χ4n) is 16.6. The topological polar surface area (TPSA) is 515 Å². The van der Waals surface area contributed by atoms with Crippen LogP contribution in [-0.4, -0.2) is 329 Å². The summed E-state index contributed by atoms with van der Waals surface area (Å²) < 4.78 is 67.7. The molecule has 127 heavy (non-hydrogen) atoms. The molecule has 5 amide bonds. The van der Waals surface area contributed by atoms with E-state index in [0.29, 0.717) is 161 Å². The van der Waals surface area contributed by atoms with Crippen LogP contribution in [0.5, 0.6) is 0 Å². The number of methoxy groups -OCH3 is 2. The maximum Gasteiger partial charge on any atom is 0.407 e. The summed E-state index contributed by atoms with van der Waals surface area (Å²) in [5.41, 5.74) is -0.765. The number of unbranched alkanes of at least 4 members (excludes halogenated alkanes) is 13. The number of ether oxygens (including phenoxy) is 12. The lowest BCUT2D eigenvalue weighted by Gasteiger charge is -2.40. The summed E-state index contributed by atoms with van der Waals surface area (Å²) >= 11 is 0. The Morgan fingerprint density at radius 2 is 0.843 bits per heavy atom. The lowest BCUT2D eigenvalue weighted by molar-refractivity contribution is -0.282. The number of carbonyl (C=O) groups excluding carboxylic acids is 10. The van der Waals surface area contributed by atoms with E-state index in [1.165, 1.54) is 0 Å². The highest BCUT2D eigenvalue weighted by Crippen LogP contribution is 2.40. The minimum atomic E-state index is -1.23. The number of nitrogens with one attached hydrogen (secondary N) is 4. The first kappa shape index (κ1) is 114. The zero-order valence-corrected chi connectivity index (χ0v) is 76.8. The summed E-state index contributed by atoms with van der Waals surface area (Å²) in [6, 6.07) is -0.0354. The average molecular weight is 1820 g/mol. The number of esters is 2. The van der Waals surface area contributed by atoms with Crippen LogP contribution < -0.4 is 21.3 Å². The molecule has 13 N–H and O–H groups in total. The molecule has 4 aliphatic rings. The van der Waals surface area contributed by atoms with Crippen LogP contribution in [0, 0.1) is 29.1 Å². The van der Waals surface area contributed by atoms with Crippen molar-refractivity contribution >= 4 is 59.0 Å². The molecule has 0 spiro atoms. The van der Waals surface area contributed by atoms with Gasteiger partial charge in [-0.05, 0) is 127 Å². The van der Waals surface area contributed by atoms with Gasteiger partial charge in [0, 0.05) is 154 Å². The number of amides is 5. The molecule has 0 aromatic heterocycles. The third-order valence-electron chi connectivity index (χ3n) is 24.6. The molecule has 0 radical (unpaired) electrons. The monoisotopic (exact) mass is 1820 g/mol. The van der Waals surface area contributed by atoms with Crippen molar-refractivity contribution in [2.24, 2.45) is 29.1 Å². The normalized spacial score (nSPS) is 24.6. The van der Waals surface area contributed by atoms with Crippen molar-refractivity contribution in [1.29, 1.82) is 0 Å². The van der Waals surface area contributed by atoms with Crippen molar-refractivity contribution in [3.8, 4) is 0 Å². The van der Waals surface area contributed by atoms with Crippen LogP contribution in [0.4, 0.5) is 4.79 Å². The predicted octanol–water partition coefficient (Wildman–Crippen LogP) is 5.51. The summed E-state index contributed by atoms with van der Waals surface area (Å²) in [5.74, 6) is -3.37. The maximum atomic E-state index is 14.2. The van der Waals surface area contributed by atoms with Crippen LogP contribution >= 0.6 is 0 Å². The van der Waals surface area contributed by atoms with Gasteiger partial charge in [0.05, 0.1) is 115 Å². The quantitative estimate of drug-likeness (QED) is 0.0203. The van der Waals surface area contributed by atoms with E-state index in [1.807, 2.05) is 0 Å². The summed E-state index contributed by atoms with van der Waals surface area (Å²) in [4.78, 5) is 132. The number of aliphatic hydroxyl groups is 9. The lowest BCUT2D eigenvalue weighted by Crippen LogP contribution is -2.55. The number of nitrogens with zero attached hydrogens (tertiary/aromatic N) is 1. The van der Waals surface area contributed by atoms with Gasteiger partial charge in [0.1, 0.15) is 42.6 Å². The summed E-state index contributed by atoms with van der Waals surface area (Å²) in [6.07, 6.45) is 8.04. The molecule has 4 fully saturated rings. The van der Waals surface area contributed by atoms with Gasteiger partial charge in [0.2, 0.25) is 23.6 Å². The van der Waals surface area contributed by atoms with Crippen LogP contribution in [0.1, 0.15) is 271 Å². The molecule has 1 saturated carbocycles. The highest BCUT2D eigenvalue weighted by atomic mass is 16.7. The van der Waals surface area contributed by atoms with E-state index in [1.54, 1.807) is 39.9 Å². The number of hydrogen-bond acceptors (Lipinski definition) is 31. The predicted molar refractivity (Wildman–Crippen MR) is 465 cm³/mol. The number of Topliss-reactive ketones (excluding diaryl/α,β-unsaturated/α-hetero) is 3. The van der Waals surface area contributed by atoms with Crippen LogP contribution in [0.2, 0.25) is 0 Å². The molecule has 3 saturated heterocycles. The van der Waals surface area contributed by atoms with Crippen molar-refractivity contribution in [3.63, 3.8) is 0 Å². The second-order valence-electron chi connectivity index (χ2n) is 34.9. The third-order valence-corrected chi connectivity index (χ3v) is 24.6. The molecular formula is C91H161N5O31. The molecule has 0 bridgehead atoms. The number of hydrogen-bond donors (Lipinski definition) is 13. The number of rotatable bonds is 75. The maximum absolute atomic E-state index is 14.2. The van der Waals surface area contributed by atoms with E-state index < -0.39 is 104 Å². The van der Waals surface area contributed by atoms with E-state index in [2.05, 4.69) is 21.3 Å². The van der Waals surface area contributed by atoms with Crippen LogP contribution in [0.3, 0.4) is 0 Å². The van der Waals surface area contributed by atoms with Crippen molar-refractivity contribution in [3.05, 3.63) is 0 Å². The van der Waals surface area contributed by atoms with Crippen molar-refractivity contribution in [1.82, 2.24) is 26.2 Å². The molecule has 1 aliphatic carbocycles. The molecule has 36 heteroatoms. The third kappa shape index (κ3) is 48.0. The average Bonchev–Trinajstić information content (AvgIpc) is 1.70. The van der Waals surface area contributed by atoms with Crippen LogP contribution in [0.15, 0.2) is 0 Å². The van der Waals surface area contributed by atoms with E-state index in [0.717, 1.165) is 77.0 Å². The summed E-state index contributed by atoms with van der Waals surface area (Å²) in [5, 5.41) is 101. The molecule has 3 heterocycles. The van der Waals surface area contributed by atoms with Gasteiger partial charge in [-0.3, -0.25) is 43.2 Å². The Bertz CT molecular complexity index is 2810. The number of carbonyl (C=O) groups is 10. The molecule has 17 atom stereocenters. The van der Waals surface area contributed by atoms with E-state index in [-0.39, 0.29) is 201 Å². The Hall–Kier alpha value is -5.62. The molecule has 736 valence electrons. The summed E-state index contributed by atoms with van der Waals surface area (Å²) in [6.45, 7) is 7.58. The molecule has 0 aromatic rings. The lowest BCUT2D eigenvalue weighted by atomic mass is 9.71. The number of aliphatic hydroxyl groups excluding tert-OH is 9. The first-order valence-electron chi connectivity index (χ1n) is 47.3. The van der Waals surface area contributed by atoms with Gasteiger partial charge in [0.15, 0.2) is 18.4 Å². The zero-order valence-electron chi connectivity index (χ0n) is 76.8. The summed E-state index contributed by atoms with van der Waals surface area (Å²) in [7, 11) is 3.23. The molecule has 3 aliphatic heterocycles. The Kier molecular flexibility index (Phi) is 61.2. The van der Waals surface area contributed by atoms with E-state index in [9.17, 15) is 93.9 Å². The first-order chi connectivity index (χ1) is 61.2. The Balaban J connectivity index is 1.26. The van der Waals surface area contributed by atoms with Gasteiger partial charge in [-0.1, -0.05) is 78.6 Å². The minimum absolute atomic E-state index is 0.0135. The van der Waals surface area contributed by atoms with Gasteiger partial charge >= 0.3 is 18.0 Å². The van der Waals surface area contributed by atoms with Crippen LogP contribution in [0.25, 0.3) is 0 Å². The van der Waals surface area contributed by atoms with Gasteiger partial charge in [-0.2, -0.15) is 0 Å². The van der Waals surface area contributed by atoms with Crippen molar-refractivity contribution in [2.75, 3.05) is 139 Å². The van der Waals surface area contributed by atoms with Crippen molar-refractivity contribution < 1.29 is 151 Å². The molecule has 15 unspecified atom stereocenters. The number of ketones is 3. The molecule has 36 nitrogen and oxygen atoms in total. The van der Waals surface area contributed by atoms with Crippen molar-refractivity contribution in [2.45, 2.75) is 351 Å². The Morgan fingerprint density at radius 1 is 0.394 bits per heavy atom.